The summed E-state index contributed by atoms with van der Waals surface area (Å²) in [5.74, 6) is -0.459. The average Bonchev–Trinajstić information content (AvgIpc) is 3.00. The van der Waals surface area contributed by atoms with E-state index in [1.54, 1.807) is 23.5 Å². The minimum absolute atomic E-state index is 0.238. The molecule has 0 unspecified atom stereocenters. The molecule has 1 saturated carbocycles. The van der Waals surface area contributed by atoms with Crippen LogP contribution >= 0.6 is 11.3 Å². The Kier molecular flexibility index (Phi) is 2.76. The molecule has 2 heterocycles. The maximum absolute atomic E-state index is 11.1. The third kappa shape index (κ3) is 2.22. The number of carboxylic acids is 1. The molecule has 0 spiro atoms. The van der Waals surface area contributed by atoms with Gasteiger partial charge in [0, 0.05) is 6.04 Å². The van der Waals surface area contributed by atoms with Gasteiger partial charge in [0.1, 0.15) is 11.4 Å². The standard InChI is InChI=1S/C13H12N2O2S/c16-13(17)9-5-6-10(11-2-1-7-18-11)15-12(9)14-8-3-4-8/h1-2,5-8H,3-4H2,(H,14,15)(H,16,17). The van der Waals surface area contributed by atoms with Crippen molar-refractivity contribution in [2.24, 2.45) is 0 Å². The maximum Gasteiger partial charge on any atom is 0.339 e. The van der Waals surface area contributed by atoms with E-state index >= 15 is 0 Å². The van der Waals surface area contributed by atoms with Gasteiger partial charge < -0.3 is 10.4 Å². The molecule has 1 aliphatic carbocycles. The highest BCUT2D eigenvalue weighted by Crippen LogP contribution is 2.29. The largest absolute Gasteiger partial charge is 0.478 e. The van der Waals surface area contributed by atoms with Gasteiger partial charge in [0.2, 0.25) is 0 Å². The molecule has 18 heavy (non-hydrogen) atoms. The molecule has 2 aromatic heterocycles. The fourth-order valence-electron chi connectivity index (χ4n) is 1.72. The van der Waals surface area contributed by atoms with E-state index in [1.807, 2.05) is 17.5 Å². The smallest absolute Gasteiger partial charge is 0.339 e. The number of carbonyl (C=O) groups is 1. The Morgan fingerprint density at radius 1 is 1.39 bits per heavy atom. The summed E-state index contributed by atoms with van der Waals surface area (Å²) in [6, 6.07) is 7.70. The number of aromatic nitrogens is 1. The molecule has 92 valence electrons. The van der Waals surface area contributed by atoms with Crippen molar-refractivity contribution < 1.29 is 9.90 Å². The zero-order chi connectivity index (χ0) is 12.5. The summed E-state index contributed by atoms with van der Waals surface area (Å²) >= 11 is 1.60. The van der Waals surface area contributed by atoms with E-state index in [0.29, 0.717) is 11.9 Å². The molecule has 5 heteroatoms. The van der Waals surface area contributed by atoms with Gasteiger partial charge in [-0.2, -0.15) is 0 Å². The van der Waals surface area contributed by atoms with E-state index in [1.165, 1.54) is 0 Å². The van der Waals surface area contributed by atoms with E-state index in [9.17, 15) is 4.79 Å². The molecule has 1 aliphatic rings. The number of anilines is 1. The van der Waals surface area contributed by atoms with Crippen LogP contribution in [0.1, 0.15) is 23.2 Å². The molecule has 1 fully saturated rings. The summed E-state index contributed by atoms with van der Waals surface area (Å²) in [6.07, 6.45) is 2.17. The van der Waals surface area contributed by atoms with Gasteiger partial charge in [0.15, 0.2) is 0 Å². The van der Waals surface area contributed by atoms with Crippen LogP contribution in [-0.4, -0.2) is 22.1 Å². The normalized spacial score (nSPS) is 14.4. The van der Waals surface area contributed by atoms with Gasteiger partial charge in [-0.1, -0.05) is 6.07 Å². The second-order valence-electron chi connectivity index (χ2n) is 4.29. The predicted octanol–water partition coefficient (Wildman–Crippen LogP) is 3.08. The lowest BCUT2D eigenvalue weighted by molar-refractivity contribution is 0.0697. The summed E-state index contributed by atoms with van der Waals surface area (Å²) in [7, 11) is 0. The van der Waals surface area contributed by atoms with Crippen molar-refractivity contribution in [3.8, 4) is 10.6 Å². The second-order valence-corrected chi connectivity index (χ2v) is 5.24. The van der Waals surface area contributed by atoms with Gasteiger partial charge in [0.05, 0.1) is 10.6 Å². The molecule has 0 saturated heterocycles. The fraction of sp³-hybridized carbons (Fsp3) is 0.231. The van der Waals surface area contributed by atoms with E-state index in [-0.39, 0.29) is 5.56 Å². The van der Waals surface area contributed by atoms with Crippen molar-refractivity contribution in [2.75, 3.05) is 5.32 Å². The van der Waals surface area contributed by atoms with E-state index in [2.05, 4.69) is 10.3 Å². The Balaban J connectivity index is 2.00. The quantitative estimate of drug-likeness (QED) is 0.886. The molecule has 3 rings (SSSR count). The van der Waals surface area contributed by atoms with Gasteiger partial charge in [-0.3, -0.25) is 0 Å². The molecule has 0 bridgehead atoms. The highest BCUT2D eigenvalue weighted by atomic mass is 32.1. The summed E-state index contributed by atoms with van der Waals surface area (Å²) in [5.41, 5.74) is 1.06. The van der Waals surface area contributed by atoms with Crippen LogP contribution in [0.2, 0.25) is 0 Å². The number of carboxylic acid groups (broad SMARTS) is 1. The van der Waals surface area contributed by atoms with Crippen molar-refractivity contribution in [3.63, 3.8) is 0 Å². The van der Waals surface area contributed by atoms with Crippen LogP contribution < -0.4 is 5.32 Å². The van der Waals surface area contributed by atoms with Gasteiger partial charge >= 0.3 is 5.97 Å². The van der Waals surface area contributed by atoms with Crippen molar-refractivity contribution >= 4 is 23.1 Å². The number of pyridine rings is 1. The molecule has 0 atom stereocenters. The second kappa shape index (κ2) is 4.42. The Bertz CT molecular complexity index is 577. The first-order valence-corrected chi connectivity index (χ1v) is 6.67. The van der Waals surface area contributed by atoms with Crippen LogP contribution in [0, 0.1) is 0 Å². The molecule has 2 aromatic rings. The zero-order valence-electron chi connectivity index (χ0n) is 9.59. The number of nitrogens with one attached hydrogen (secondary N) is 1. The number of aromatic carboxylic acids is 1. The summed E-state index contributed by atoms with van der Waals surface area (Å²) in [6.45, 7) is 0. The van der Waals surface area contributed by atoms with Crippen LogP contribution in [-0.2, 0) is 0 Å². The van der Waals surface area contributed by atoms with E-state index in [0.717, 1.165) is 23.4 Å². The number of nitrogens with zero attached hydrogens (tertiary/aromatic N) is 1. The molecular formula is C13H12N2O2S. The summed E-state index contributed by atoms with van der Waals surface area (Å²) < 4.78 is 0. The van der Waals surface area contributed by atoms with Crippen LogP contribution in [0.4, 0.5) is 5.82 Å². The first-order valence-electron chi connectivity index (χ1n) is 5.79. The number of hydrogen-bond acceptors (Lipinski definition) is 4. The topological polar surface area (TPSA) is 62.2 Å². The van der Waals surface area contributed by atoms with Gasteiger partial charge in [-0.15, -0.1) is 11.3 Å². The molecule has 0 aromatic carbocycles. The minimum Gasteiger partial charge on any atom is -0.478 e. The van der Waals surface area contributed by atoms with Crippen molar-refractivity contribution in [3.05, 3.63) is 35.2 Å². The van der Waals surface area contributed by atoms with Crippen LogP contribution in [0.25, 0.3) is 10.6 Å². The molecule has 0 aliphatic heterocycles. The van der Waals surface area contributed by atoms with Crippen molar-refractivity contribution in [1.29, 1.82) is 0 Å². The lowest BCUT2D eigenvalue weighted by atomic mass is 10.2. The van der Waals surface area contributed by atoms with Gasteiger partial charge in [0.25, 0.3) is 0 Å². The van der Waals surface area contributed by atoms with Crippen LogP contribution in [0.15, 0.2) is 29.6 Å². The molecule has 0 amide bonds. The van der Waals surface area contributed by atoms with Gasteiger partial charge in [-0.25, -0.2) is 9.78 Å². The average molecular weight is 260 g/mol. The molecular weight excluding hydrogens is 248 g/mol. The van der Waals surface area contributed by atoms with Crippen LogP contribution in [0.3, 0.4) is 0 Å². The zero-order valence-corrected chi connectivity index (χ0v) is 10.4. The molecule has 0 radical (unpaired) electrons. The lowest BCUT2D eigenvalue weighted by Gasteiger charge is -2.09. The maximum atomic E-state index is 11.1. The first-order chi connectivity index (χ1) is 8.74. The van der Waals surface area contributed by atoms with E-state index < -0.39 is 5.97 Å². The first kappa shape index (κ1) is 11.2. The molecule has 2 N–H and O–H groups in total. The van der Waals surface area contributed by atoms with Crippen molar-refractivity contribution in [1.82, 2.24) is 4.98 Å². The highest BCUT2D eigenvalue weighted by molar-refractivity contribution is 7.13. The summed E-state index contributed by atoms with van der Waals surface area (Å²) in [4.78, 5) is 16.6. The minimum atomic E-state index is -0.941. The van der Waals surface area contributed by atoms with Crippen LogP contribution in [0.5, 0.6) is 0 Å². The number of rotatable bonds is 4. The molecule has 4 nitrogen and oxygen atoms in total. The highest BCUT2D eigenvalue weighted by Gasteiger charge is 2.24. The number of hydrogen-bond donors (Lipinski definition) is 2. The van der Waals surface area contributed by atoms with Gasteiger partial charge in [-0.05, 0) is 36.4 Å². The van der Waals surface area contributed by atoms with E-state index in [4.69, 9.17) is 5.11 Å². The Morgan fingerprint density at radius 2 is 2.22 bits per heavy atom. The third-order valence-electron chi connectivity index (χ3n) is 2.82. The Labute approximate surface area is 108 Å². The fourth-order valence-corrected chi connectivity index (χ4v) is 2.42. The van der Waals surface area contributed by atoms with Crippen molar-refractivity contribution in [2.45, 2.75) is 18.9 Å². The SMILES string of the molecule is O=C(O)c1ccc(-c2cccs2)nc1NC1CC1. The lowest BCUT2D eigenvalue weighted by Crippen LogP contribution is -2.10. The number of thiophene rings is 1. The third-order valence-corrected chi connectivity index (χ3v) is 3.71. The Morgan fingerprint density at radius 3 is 2.83 bits per heavy atom. The predicted molar refractivity (Wildman–Crippen MR) is 71.2 cm³/mol. The monoisotopic (exact) mass is 260 g/mol. The Hall–Kier alpha value is -1.88. The summed E-state index contributed by atoms with van der Waals surface area (Å²) in [5, 5.41) is 14.3.